The summed E-state index contributed by atoms with van der Waals surface area (Å²) in [6.45, 7) is 10.0. The molecule has 0 saturated carbocycles. The molecule has 0 spiro atoms. The van der Waals surface area contributed by atoms with Crippen molar-refractivity contribution in [3.8, 4) is 5.75 Å². The molecule has 0 amide bonds. The summed E-state index contributed by atoms with van der Waals surface area (Å²) in [5.41, 5.74) is 4.16. The normalized spacial score (nSPS) is 9.50. The van der Waals surface area contributed by atoms with E-state index in [1.54, 1.807) is 0 Å². The highest BCUT2D eigenvalue weighted by Crippen LogP contribution is 2.26. The summed E-state index contributed by atoms with van der Waals surface area (Å²) in [4.78, 5) is 11.2. The summed E-state index contributed by atoms with van der Waals surface area (Å²) in [6.07, 6.45) is 0. The number of esters is 1. The second-order valence-corrected chi connectivity index (χ2v) is 4.88. The topological polar surface area (TPSA) is 38.3 Å². The number of ether oxygens (including phenoxy) is 1. The first-order chi connectivity index (χ1) is 10.6. The van der Waals surface area contributed by atoms with Crippen LogP contribution < -0.4 is 10.1 Å². The number of hydrogen-bond acceptors (Lipinski definition) is 3. The molecule has 1 N–H and O–H groups in total. The Hall–Kier alpha value is -2.29. The van der Waals surface area contributed by atoms with E-state index in [1.165, 1.54) is 6.92 Å². The molecule has 0 saturated heterocycles. The lowest BCUT2D eigenvalue weighted by Gasteiger charge is -2.14. The molecule has 2 aromatic rings. The monoisotopic (exact) mass is 299 g/mol. The van der Waals surface area contributed by atoms with Crippen molar-refractivity contribution in [2.75, 3.05) is 5.32 Å². The third kappa shape index (κ3) is 5.24. The van der Waals surface area contributed by atoms with Crippen molar-refractivity contribution in [3.05, 3.63) is 59.2 Å². The SMILES string of the molecule is CC.CC(=O)Oc1c(C)cc(C)cc1CNc1ccccc1. The number of para-hydroxylation sites is 1. The highest BCUT2D eigenvalue weighted by Gasteiger charge is 2.10. The van der Waals surface area contributed by atoms with E-state index in [2.05, 4.69) is 5.32 Å². The van der Waals surface area contributed by atoms with Gasteiger partial charge in [-0.25, -0.2) is 0 Å². The highest BCUT2D eigenvalue weighted by molar-refractivity contribution is 5.70. The number of anilines is 1. The second kappa shape index (κ2) is 8.88. The fourth-order valence-electron chi connectivity index (χ4n) is 2.22. The van der Waals surface area contributed by atoms with Crippen molar-refractivity contribution in [1.29, 1.82) is 0 Å². The number of carbonyl (C=O) groups excluding carboxylic acids is 1. The van der Waals surface area contributed by atoms with Crippen LogP contribution in [0.3, 0.4) is 0 Å². The van der Waals surface area contributed by atoms with Crippen molar-refractivity contribution < 1.29 is 9.53 Å². The molecule has 0 radical (unpaired) electrons. The maximum Gasteiger partial charge on any atom is 0.308 e. The Balaban J connectivity index is 0.00000116. The van der Waals surface area contributed by atoms with Crippen LogP contribution in [0.4, 0.5) is 5.69 Å². The molecule has 2 aromatic carbocycles. The molecule has 0 aliphatic heterocycles. The van der Waals surface area contributed by atoms with Crippen LogP contribution in [0.25, 0.3) is 0 Å². The van der Waals surface area contributed by atoms with E-state index in [1.807, 2.05) is 70.2 Å². The maximum atomic E-state index is 11.2. The molecule has 0 unspecified atom stereocenters. The largest absolute Gasteiger partial charge is 0.426 e. The smallest absolute Gasteiger partial charge is 0.308 e. The van der Waals surface area contributed by atoms with Gasteiger partial charge in [-0.05, 0) is 31.5 Å². The number of rotatable bonds is 4. The van der Waals surface area contributed by atoms with E-state index in [9.17, 15) is 4.79 Å². The third-order valence-corrected chi connectivity index (χ3v) is 3.00. The summed E-state index contributed by atoms with van der Waals surface area (Å²) < 4.78 is 5.34. The Labute approximate surface area is 133 Å². The third-order valence-electron chi connectivity index (χ3n) is 3.00. The van der Waals surface area contributed by atoms with E-state index >= 15 is 0 Å². The van der Waals surface area contributed by atoms with Gasteiger partial charge in [0.2, 0.25) is 0 Å². The summed E-state index contributed by atoms with van der Waals surface area (Å²) in [5.74, 6) is 0.365. The van der Waals surface area contributed by atoms with Crippen molar-refractivity contribution in [1.82, 2.24) is 0 Å². The Bertz CT molecular complexity index is 606. The van der Waals surface area contributed by atoms with Gasteiger partial charge >= 0.3 is 5.97 Å². The van der Waals surface area contributed by atoms with E-state index in [0.29, 0.717) is 12.3 Å². The van der Waals surface area contributed by atoms with Crippen LogP contribution in [0.5, 0.6) is 5.75 Å². The maximum absolute atomic E-state index is 11.2. The Morgan fingerprint density at radius 1 is 1.09 bits per heavy atom. The average molecular weight is 299 g/mol. The first-order valence-corrected chi connectivity index (χ1v) is 7.63. The van der Waals surface area contributed by atoms with Gasteiger partial charge in [-0.3, -0.25) is 4.79 Å². The number of hydrogen-bond donors (Lipinski definition) is 1. The Morgan fingerprint density at radius 2 is 1.73 bits per heavy atom. The van der Waals surface area contributed by atoms with E-state index in [4.69, 9.17) is 4.74 Å². The zero-order valence-corrected chi connectivity index (χ0v) is 14.1. The number of carbonyl (C=O) groups is 1. The lowest BCUT2D eigenvalue weighted by molar-refractivity contribution is -0.131. The molecular formula is C19H25NO2. The van der Waals surface area contributed by atoms with Gasteiger partial charge in [-0.1, -0.05) is 49.7 Å². The van der Waals surface area contributed by atoms with Crippen LogP contribution in [0.2, 0.25) is 0 Å². The molecule has 3 nitrogen and oxygen atoms in total. The summed E-state index contributed by atoms with van der Waals surface area (Å²) in [6, 6.07) is 14.0. The van der Waals surface area contributed by atoms with Crippen LogP contribution in [-0.2, 0) is 11.3 Å². The molecule has 118 valence electrons. The molecule has 0 heterocycles. The molecule has 3 heteroatoms. The summed E-state index contributed by atoms with van der Waals surface area (Å²) >= 11 is 0. The van der Waals surface area contributed by atoms with E-state index in [0.717, 1.165) is 22.4 Å². The minimum absolute atomic E-state index is 0.294. The summed E-state index contributed by atoms with van der Waals surface area (Å²) in [7, 11) is 0. The minimum Gasteiger partial charge on any atom is -0.426 e. The standard InChI is InChI=1S/C17H19NO2.C2H6/c1-12-9-13(2)17(20-14(3)19)15(10-12)11-18-16-7-5-4-6-8-16;1-2/h4-10,18H,11H2,1-3H3;1-2H3. The van der Waals surface area contributed by atoms with Crippen molar-refractivity contribution in [3.63, 3.8) is 0 Å². The number of benzene rings is 2. The molecule has 0 atom stereocenters. The van der Waals surface area contributed by atoms with Gasteiger partial charge in [0.25, 0.3) is 0 Å². The van der Waals surface area contributed by atoms with Gasteiger partial charge in [0, 0.05) is 24.7 Å². The molecule has 22 heavy (non-hydrogen) atoms. The first-order valence-electron chi connectivity index (χ1n) is 7.63. The van der Waals surface area contributed by atoms with Crippen LogP contribution in [0.1, 0.15) is 37.5 Å². The van der Waals surface area contributed by atoms with Gasteiger partial charge in [-0.15, -0.1) is 0 Å². The predicted octanol–water partition coefficient (Wildman–Crippen LogP) is 4.87. The number of nitrogens with one attached hydrogen (secondary N) is 1. The van der Waals surface area contributed by atoms with Crippen molar-refractivity contribution >= 4 is 11.7 Å². The second-order valence-electron chi connectivity index (χ2n) is 4.88. The fourth-order valence-corrected chi connectivity index (χ4v) is 2.22. The van der Waals surface area contributed by atoms with Gasteiger partial charge in [0.1, 0.15) is 5.75 Å². The van der Waals surface area contributed by atoms with Gasteiger partial charge in [0.15, 0.2) is 0 Å². The number of aryl methyl sites for hydroxylation is 2. The Kier molecular flexibility index (Phi) is 7.17. The predicted molar refractivity (Wildman–Crippen MR) is 92.3 cm³/mol. The van der Waals surface area contributed by atoms with E-state index < -0.39 is 0 Å². The Morgan fingerprint density at radius 3 is 2.32 bits per heavy atom. The van der Waals surface area contributed by atoms with Gasteiger partial charge in [-0.2, -0.15) is 0 Å². The molecule has 0 fully saturated rings. The lowest BCUT2D eigenvalue weighted by atomic mass is 10.1. The molecule has 0 aliphatic rings. The van der Waals surface area contributed by atoms with Crippen molar-refractivity contribution in [2.45, 2.75) is 41.2 Å². The molecule has 0 bridgehead atoms. The molecule has 2 rings (SSSR count). The van der Waals surface area contributed by atoms with Crippen LogP contribution in [-0.4, -0.2) is 5.97 Å². The molecule has 0 aromatic heterocycles. The van der Waals surface area contributed by atoms with E-state index in [-0.39, 0.29) is 5.97 Å². The summed E-state index contributed by atoms with van der Waals surface area (Å²) in [5, 5.41) is 3.34. The van der Waals surface area contributed by atoms with Crippen LogP contribution >= 0.6 is 0 Å². The van der Waals surface area contributed by atoms with Gasteiger partial charge in [0.05, 0.1) is 0 Å². The van der Waals surface area contributed by atoms with Gasteiger partial charge < -0.3 is 10.1 Å². The highest BCUT2D eigenvalue weighted by atomic mass is 16.5. The average Bonchev–Trinajstić information content (AvgIpc) is 2.51. The lowest BCUT2D eigenvalue weighted by Crippen LogP contribution is -2.08. The molecular weight excluding hydrogens is 274 g/mol. The minimum atomic E-state index is -0.294. The fraction of sp³-hybridized carbons (Fsp3) is 0.316. The molecule has 0 aliphatic carbocycles. The zero-order chi connectivity index (χ0) is 16.5. The van der Waals surface area contributed by atoms with Crippen LogP contribution in [0, 0.1) is 13.8 Å². The quantitative estimate of drug-likeness (QED) is 0.646. The first kappa shape index (κ1) is 17.8. The van der Waals surface area contributed by atoms with Crippen LogP contribution in [0.15, 0.2) is 42.5 Å². The van der Waals surface area contributed by atoms with Crippen molar-refractivity contribution in [2.24, 2.45) is 0 Å². The zero-order valence-electron chi connectivity index (χ0n) is 14.1.